The molecule has 0 aromatic heterocycles. The van der Waals surface area contributed by atoms with Crippen LogP contribution in [0.2, 0.25) is 0 Å². The van der Waals surface area contributed by atoms with Gasteiger partial charge in [0.1, 0.15) is 11.2 Å². The van der Waals surface area contributed by atoms with E-state index in [1.807, 2.05) is 0 Å². The van der Waals surface area contributed by atoms with Gasteiger partial charge in [0.25, 0.3) is 0 Å². The number of rotatable bonds is 6. The lowest BCUT2D eigenvalue weighted by molar-refractivity contribution is 0.253. The zero-order valence-corrected chi connectivity index (χ0v) is 13.0. The highest BCUT2D eigenvalue weighted by Crippen LogP contribution is 2.64. The van der Waals surface area contributed by atoms with E-state index < -0.39 is 0 Å². The Kier molecular flexibility index (Phi) is 3.86. The summed E-state index contributed by atoms with van der Waals surface area (Å²) >= 11 is 0. The van der Waals surface area contributed by atoms with Crippen LogP contribution in [0.3, 0.4) is 0 Å². The largest absolute Gasteiger partial charge is 0.352 e. The maximum absolute atomic E-state index is 6.55. The second-order valence-electron chi connectivity index (χ2n) is 6.01. The maximum Gasteiger partial charge on any atom is 0.148 e. The molecule has 0 saturated carbocycles. The minimum absolute atomic E-state index is 0.0286. The van der Waals surface area contributed by atoms with Crippen molar-refractivity contribution in [1.82, 2.24) is 0 Å². The van der Waals surface area contributed by atoms with E-state index >= 15 is 0 Å². The second kappa shape index (κ2) is 5.65. The molecule has 2 aromatic rings. The number of hydrogen-bond acceptors (Lipinski definition) is 1. The van der Waals surface area contributed by atoms with Crippen LogP contribution in [0.25, 0.3) is 0 Å². The molecule has 0 aliphatic carbocycles. The first-order valence-corrected chi connectivity index (χ1v) is 8.10. The van der Waals surface area contributed by atoms with Crippen LogP contribution in [0.15, 0.2) is 60.7 Å². The fourth-order valence-corrected chi connectivity index (χ4v) is 3.81. The van der Waals surface area contributed by atoms with Gasteiger partial charge in [-0.2, -0.15) is 0 Å². The summed E-state index contributed by atoms with van der Waals surface area (Å²) in [7, 11) is 0. The molecule has 1 heterocycles. The molecule has 1 nitrogen and oxygen atoms in total. The van der Waals surface area contributed by atoms with Gasteiger partial charge in [0.05, 0.1) is 0 Å². The molecule has 1 aliphatic rings. The van der Waals surface area contributed by atoms with E-state index in [2.05, 4.69) is 74.5 Å². The highest BCUT2D eigenvalue weighted by molar-refractivity contribution is 5.46. The molecule has 1 saturated heterocycles. The van der Waals surface area contributed by atoms with Gasteiger partial charge in [-0.1, -0.05) is 87.4 Å². The second-order valence-corrected chi connectivity index (χ2v) is 6.01. The number of hydrogen-bond donors (Lipinski definition) is 0. The highest BCUT2D eigenvalue weighted by Gasteiger charge is 2.69. The van der Waals surface area contributed by atoms with Crippen molar-refractivity contribution in [2.24, 2.45) is 0 Å². The Hall–Kier alpha value is -1.60. The monoisotopic (exact) mass is 280 g/mol. The molecule has 110 valence electrons. The van der Waals surface area contributed by atoms with Gasteiger partial charge in [0.2, 0.25) is 0 Å². The molecule has 3 rings (SSSR count). The van der Waals surface area contributed by atoms with Gasteiger partial charge in [-0.15, -0.1) is 0 Å². The Morgan fingerprint density at radius 3 is 1.52 bits per heavy atom. The van der Waals surface area contributed by atoms with Crippen molar-refractivity contribution in [1.29, 1.82) is 0 Å². The Morgan fingerprint density at radius 1 is 0.714 bits per heavy atom. The van der Waals surface area contributed by atoms with Gasteiger partial charge in [-0.05, 0) is 24.0 Å². The molecule has 1 aliphatic heterocycles. The van der Waals surface area contributed by atoms with Crippen molar-refractivity contribution in [3.63, 3.8) is 0 Å². The first-order valence-electron chi connectivity index (χ1n) is 8.10. The lowest BCUT2D eigenvalue weighted by Gasteiger charge is -2.21. The van der Waals surface area contributed by atoms with Gasteiger partial charge >= 0.3 is 0 Å². The molecule has 1 heteroatoms. The zero-order chi connectivity index (χ0) is 14.8. The quantitative estimate of drug-likeness (QED) is 0.654. The Labute approximate surface area is 128 Å². The average Bonchev–Trinajstić information content (AvgIpc) is 3.19. The smallest absolute Gasteiger partial charge is 0.148 e. The first kappa shape index (κ1) is 14.3. The van der Waals surface area contributed by atoms with Crippen LogP contribution in [0.4, 0.5) is 0 Å². The van der Waals surface area contributed by atoms with Gasteiger partial charge in [-0.25, -0.2) is 0 Å². The molecule has 2 aromatic carbocycles. The van der Waals surface area contributed by atoms with E-state index in [9.17, 15) is 0 Å². The van der Waals surface area contributed by atoms with Crippen molar-refractivity contribution in [3.8, 4) is 0 Å². The summed E-state index contributed by atoms with van der Waals surface area (Å²) in [6, 6.07) is 21.4. The van der Waals surface area contributed by atoms with Crippen molar-refractivity contribution in [3.05, 3.63) is 71.8 Å². The SMILES string of the molecule is CCCC1(CCC)OC1(c1ccccc1)c1ccccc1. The molecule has 0 unspecified atom stereocenters. The van der Waals surface area contributed by atoms with Crippen molar-refractivity contribution in [2.45, 2.75) is 50.7 Å². The minimum atomic E-state index is -0.248. The number of epoxide rings is 1. The van der Waals surface area contributed by atoms with Gasteiger partial charge < -0.3 is 4.74 Å². The Bertz CT molecular complexity index is 528. The van der Waals surface area contributed by atoms with E-state index in [-0.39, 0.29) is 11.2 Å². The third kappa shape index (κ3) is 2.20. The summed E-state index contributed by atoms with van der Waals surface area (Å²) in [6.45, 7) is 4.50. The molecule has 1 fully saturated rings. The third-order valence-corrected chi connectivity index (χ3v) is 4.62. The average molecular weight is 280 g/mol. The van der Waals surface area contributed by atoms with Crippen molar-refractivity contribution in [2.75, 3.05) is 0 Å². The fraction of sp³-hybridized carbons (Fsp3) is 0.400. The van der Waals surface area contributed by atoms with Crippen LogP contribution in [0.1, 0.15) is 50.7 Å². The van der Waals surface area contributed by atoms with Crippen LogP contribution < -0.4 is 0 Å². The molecular formula is C20H24O. The molecule has 21 heavy (non-hydrogen) atoms. The summed E-state index contributed by atoms with van der Waals surface area (Å²) in [5.74, 6) is 0. The lowest BCUT2D eigenvalue weighted by Crippen LogP contribution is -2.25. The van der Waals surface area contributed by atoms with E-state index in [0.717, 1.165) is 25.7 Å². The Morgan fingerprint density at radius 2 is 1.14 bits per heavy atom. The summed E-state index contributed by atoms with van der Waals surface area (Å²) in [6.07, 6.45) is 4.54. The first-order chi connectivity index (χ1) is 10.3. The van der Waals surface area contributed by atoms with E-state index in [1.165, 1.54) is 11.1 Å². The van der Waals surface area contributed by atoms with E-state index in [1.54, 1.807) is 0 Å². The third-order valence-electron chi connectivity index (χ3n) is 4.62. The zero-order valence-electron chi connectivity index (χ0n) is 13.0. The van der Waals surface area contributed by atoms with Gasteiger partial charge in [-0.3, -0.25) is 0 Å². The van der Waals surface area contributed by atoms with Crippen molar-refractivity contribution >= 4 is 0 Å². The normalized spacial score (nSPS) is 18.4. The van der Waals surface area contributed by atoms with Crippen LogP contribution in [0.5, 0.6) is 0 Å². The summed E-state index contributed by atoms with van der Waals surface area (Å²) in [5.41, 5.74) is 2.30. The number of ether oxygens (including phenoxy) is 1. The van der Waals surface area contributed by atoms with E-state index in [4.69, 9.17) is 4.74 Å². The molecule has 0 radical (unpaired) electrons. The number of benzene rings is 2. The summed E-state index contributed by atoms with van der Waals surface area (Å²) in [5, 5.41) is 0. The van der Waals surface area contributed by atoms with Crippen LogP contribution in [-0.2, 0) is 10.3 Å². The fourth-order valence-electron chi connectivity index (χ4n) is 3.81. The maximum atomic E-state index is 6.55. The van der Waals surface area contributed by atoms with Crippen LogP contribution >= 0.6 is 0 Å². The standard InChI is InChI=1S/C20H24O/c1-3-15-19(16-4-2)20(21-19,17-11-7-5-8-12-17)18-13-9-6-10-14-18/h5-14H,3-4,15-16H2,1-2H3. The van der Waals surface area contributed by atoms with E-state index in [0.29, 0.717) is 0 Å². The van der Waals surface area contributed by atoms with Crippen molar-refractivity contribution < 1.29 is 4.74 Å². The van der Waals surface area contributed by atoms with Gasteiger partial charge in [0, 0.05) is 0 Å². The lowest BCUT2D eigenvalue weighted by atomic mass is 9.76. The molecular weight excluding hydrogens is 256 g/mol. The molecule has 0 atom stereocenters. The summed E-state index contributed by atoms with van der Waals surface area (Å²) < 4.78 is 6.55. The molecule has 0 spiro atoms. The molecule has 0 N–H and O–H groups in total. The van der Waals surface area contributed by atoms with Crippen LogP contribution in [0, 0.1) is 0 Å². The van der Waals surface area contributed by atoms with Crippen LogP contribution in [-0.4, -0.2) is 5.60 Å². The van der Waals surface area contributed by atoms with Gasteiger partial charge in [0.15, 0.2) is 0 Å². The topological polar surface area (TPSA) is 12.5 Å². The summed E-state index contributed by atoms with van der Waals surface area (Å²) in [4.78, 5) is 0. The molecule has 0 bridgehead atoms. The Balaban J connectivity index is 2.10. The minimum Gasteiger partial charge on any atom is -0.352 e. The predicted octanol–water partition coefficient (Wildman–Crippen LogP) is 5.30. The molecule has 0 amide bonds. The highest BCUT2D eigenvalue weighted by atomic mass is 16.6. The predicted molar refractivity (Wildman–Crippen MR) is 87.3 cm³/mol.